The van der Waals surface area contributed by atoms with E-state index >= 15 is 0 Å². The Morgan fingerprint density at radius 3 is 2.79 bits per heavy atom. The van der Waals surface area contributed by atoms with Crippen LogP contribution in [0.25, 0.3) is 0 Å². The normalized spacial score (nSPS) is 19.1. The molecule has 2 N–H and O–H groups in total. The molecular weight excluding hydrogens is 304 g/mol. The molecule has 0 aliphatic heterocycles. The van der Waals surface area contributed by atoms with E-state index in [4.69, 9.17) is 4.74 Å². The third-order valence-electron chi connectivity index (χ3n) is 4.46. The second-order valence-electron chi connectivity index (χ2n) is 6.22. The Kier molecular flexibility index (Phi) is 4.85. The maximum Gasteiger partial charge on any atom is 0.319 e. The minimum absolute atomic E-state index is 0.170. The lowest BCUT2D eigenvalue weighted by Crippen LogP contribution is -2.31. The summed E-state index contributed by atoms with van der Waals surface area (Å²) in [6.45, 7) is 5.12. The molecule has 24 heavy (non-hydrogen) atoms. The average molecular weight is 328 g/mol. The van der Waals surface area contributed by atoms with Crippen molar-refractivity contribution in [3.63, 3.8) is 0 Å². The second-order valence-corrected chi connectivity index (χ2v) is 6.22. The minimum Gasteiger partial charge on any atom is -0.383 e. The number of rotatable bonds is 6. The van der Waals surface area contributed by atoms with Gasteiger partial charge in [-0.15, -0.1) is 0 Å². The molecule has 1 saturated carbocycles. The number of aryl methyl sites for hydroxylation is 1. The summed E-state index contributed by atoms with van der Waals surface area (Å²) in [6, 6.07) is 10.3. The number of amides is 2. The van der Waals surface area contributed by atoms with Gasteiger partial charge in [-0.1, -0.05) is 30.3 Å². The number of aromatic nitrogens is 2. The van der Waals surface area contributed by atoms with Crippen molar-refractivity contribution in [1.82, 2.24) is 15.1 Å². The largest absolute Gasteiger partial charge is 0.383 e. The number of benzene rings is 1. The maximum absolute atomic E-state index is 12.3. The van der Waals surface area contributed by atoms with Gasteiger partial charge in [0, 0.05) is 19.1 Å². The molecule has 1 aliphatic carbocycles. The summed E-state index contributed by atoms with van der Waals surface area (Å²) in [7, 11) is 1.66. The zero-order valence-corrected chi connectivity index (χ0v) is 14.4. The van der Waals surface area contributed by atoms with Crippen molar-refractivity contribution in [3.8, 4) is 0 Å². The first-order valence-corrected chi connectivity index (χ1v) is 8.25. The minimum atomic E-state index is -0.170. The summed E-state index contributed by atoms with van der Waals surface area (Å²) in [5, 5.41) is 10.4. The zero-order chi connectivity index (χ0) is 17.1. The van der Waals surface area contributed by atoms with Crippen molar-refractivity contribution in [2.75, 3.05) is 19.0 Å². The third kappa shape index (κ3) is 3.59. The molecule has 1 aromatic heterocycles. The van der Waals surface area contributed by atoms with Crippen LogP contribution in [0.1, 0.15) is 29.3 Å². The van der Waals surface area contributed by atoms with Crippen LogP contribution in [-0.2, 0) is 11.3 Å². The Morgan fingerprint density at radius 1 is 1.33 bits per heavy atom. The van der Waals surface area contributed by atoms with E-state index in [-0.39, 0.29) is 12.1 Å². The molecule has 3 rings (SSSR count). The molecule has 0 radical (unpaired) electrons. The van der Waals surface area contributed by atoms with Gasteiger partial charge in [-0.2, -0.15) is 5.10 Å². The summed E-state index contributed by atoms with van der Waals surface area (Å²) in [5.74, 6) is 0.420. The molecule has 1 aliphatic rings. The van der Waals surface area contributed by atoms with E-state index in [0.29, 0.717) is 19.1 Å². The highest BCUT2D eigenvalue weighted by Gasteiger charge is 2.39. The van der Waals surface area contributed by atoms with Crippen LogP contribution < -0.4 is 10.6 Å². The smallest absolute Gasteiger partial charge is 0.319 e. The van der Waals surface area contributed by atoms with Gasteiger partial charge in [-0.25, -0.2) is 4.79 Å². The Balaban J connectivity index is 1.57. The molecule has 128 valence electrons. The Hall–Kier alpha value is -2.34. The van der Waals surface area contributed by atoms with E-state index in [0.717, 1.165) is 23.5 Å². The average Bonchev–Trinajstić information content (AvgIpc) is 3.29. The highest BCUT2D eigenvalue weighted by molar-refractivity contribution is 5.91. The van der Waals surface area contributed by atoms with Crippen molar-refractivity contribution in [3.05, 3.63) is 47.3 Å². The second kappa shape index (κ2) is 7.05. The first kappa shape index (κ1) is 16.5. The molecule has 2 amide bonds. The number of ether oxygens (including phenoxy) is 1. The molecule has 1 heterocycles. The molecule has 0 spiro atoms. The predicted molar refractivity (Wildman–Crippen MR) is 93.3 cm³/mol. The SMILES string of the molecule is COCCn1nc(C)c(NC(=O)NC2CC2c2ccccc2)c1C. The van der Waals surface area contributed by atoms with E-state index in [9.17, 15) is 4.79 Å². The molecular formula is C18H24N4O2. The van der Waals surface area contributed by atoms with Gasteiger partial charge in [0.15, 0.2) is 0 Å². The molecule has 2 aromatic rings. The van der Waals surface area contributed by atoms with Crippen LogP contribution >= 0.6 is 0 Å². The highest BCUT2D eigenvalue weighted by atomic mass is 16.5. The van der Waals surface area contributed by atoms with Crippen LogP contribution in [0.5, 0.6) is 0 Å². The first-order chi connectivity index (χ1) is 11.6. The quantitative estimate of drug-likeness (QED) is 0.857. The van der Waals surface area contributed by atoms with Gasteiger partial charge in [0.25, 0.3) is 0 Å². The van der Waals surface area contributed by atoms with Gasteiger partial charge < -0.3 is 15.4 Å². The predicted octanol–water partition coefficient (Wildman–Crippen LogP) is 2.82. The van der Waals surface area contributed by atoms with E-state index in [2.05, 4.69) is 27.9 Å². The maximum atomic E-state index is 12.3. The van der Waals surface area contributed by atoms with Gasteiger partial charge in [0.1, 0.15) is 0 Å². The molecule has 2 atom stereocenters. The Morgan fingerprint density at radius 2 is 2.08 bits per heavy atom. The van der Waals surface area contributed by atoms with Gasteiger partial charge in [-0.05, 0) is 25.8 Å². The molecule has 6 heteroatoms. The van der Waals surface area contributed by atoms with Crippen molar-refractivity contribution in [2.24, 2.45) is 0 Å². The summed E-state index contributed by atoms with van der Waals surface area (Å²) in [5.41, 5.74) is 3.81. The summed E-state index contributed by atoms with van der Waals surface area (Å²) in [6.07, 6.45) is 0.989. The lowest BCUT2D eigenvalue weighted by Gasteiger charge is -2.08. The molecule has 6 nitrogen and oxygen atoms in total. The molecule has 2 unspecified atom stereocenters. The lowest BCUT2D eigenvalue weighted by atomic mass is 10.1. The van der Waals surface area contributed by atoms with Gasteiger partial charge >= 0.3 is 6.03 Å². The monoisotopic (exact) mass is 328 g/mol. The van der Waals surface area contributed by atoms with E-state index in [1.165, 1.54) is 5.56 Å². The first-order valence-electron chi connectivity index (χ1n) is 8.25. The number of hydrogen-bond acceptors (Lipinski definition) is 3. The van der Waals surface area contributed by atoms with E-state index in [1.807, 2.05) is 36.7 Å². The molecule has 1 fully saturated rings. The lowest BCUT2D eigenvalue weighted by molar-refractivity contribution is 0.182. The van der Waals surface area contributed by atoms with Gasteiger partial charge in [-0.3, -0.25) is 4.68 Å². The molecule has 1 aromatic carbocycles. The van der Waals surface area contributed by atoms with Gasteiger partial charge in [0.05, 0.1) is 30.2 Å². The number of anilines is 1. The number of carbonyl (C=O) groups excluding carboxylic acids is 1. The van der Waals surface area contributed by atoms with Crippen molar-refractivity contribution in [2.45, 2.75) is 38.8 Å². The number of urea groups is 1. The fraction of sp³-hybridized carbons (Fsp3) is 0.444. The Labute approximate surface area is 142 Å². The fourth-order valence-electron chi connectivity index (χ4n) is 3.01. The van der Waals surface area contributed by atoms with Gasteiger partial charge in [0.2, 0.25) is 0 Å². The summed E-state index contributed by atoms with van der Waals surface area (Å²) >= 11 is 0. The van der Waals surface area contributed by atoms with Crippen LogP contribution in [-0.4, -0.2) is 35.6 Å². The van der Waals surface area contributed by atoms with Crippen molar-refractivity contribution < 1.29 is 9.53 Å². The number of methoxy groups -OCH3 is 1. The van der Waals surface area contributed by atoms with Crippen LogP contribution in [0.2, 0.25) is 0 Å². The van der Waals surface area contributed by atoms with E-state index in [1.54, 1.807) is 7.11 Å². The standard InChI is InChI=1S/C18H24N4O2/c1-12-17(13(2)22(21-12)9-10-24-3)20-18(23)19-16-11-15(16)14-7-5-4-6-8-14/h4-8,15-16H,9-11H2,1-3H3,(H2,19,20,23). The topological polar surface area (TPSA) is 68.2 Å². The van der Waals surface area contributed by atoms with Crippen molar-refractivity contribution in [1.29, 1.82) is 0 Å². The van der Waals surface area contributed by atoms with Crippen LogP contribution in [0.15, 0.2) is 30.3 Å². The zero-order valence-electron chi connectivity index (χ0n) is 14.4. The number of nitrogens with zero attached hydrogens (tertiary/aromatic N) is 2. The third-order valence-corrected chi connectivity index (χ3v) is 4.46. The van der Waals surface area contributed by atoms with Crippen LogP contribution in [0, 0.1) is 13.8 Å². The fourth-order valence-corrected chi connectivity index (χ4v) is 3.01. The molecule has 0 saturated heterocycles. The highest BCUT2D eigenvalue weighted by Crippen LogP contribution is 2.40. The number of carbonyl (C=O) groups is 1. The number of hydrogen-bond donors (Lipinski definition) is 2. The van der Waals surface area contributed by atoms with E-state index < -0.39 is 0 Å². The van der Waals surface area contributed by atoms with Crippen LogP contribution in [0.4, 0.5) is 10.5 Å². The summed E-state index contributed by atoms with van der Waals surface area (Å²) < 4.78 is 6.94. The number of nitrogens with one attached hydrogen (secondary N) is 2. The van der Waals surface area contributed by atoms with Crippen LogP contribution in [0.3, 0.4) is 0 Å². The molecule has 0 bridgehead atoms. The summed E-state index contributed by atoms with van der Waals surface area (Å²) in [4.78, 5) is 12.3. The van der Waals surface area contributed by atoms with Crippen molar-refractivity contribution >= 4 is 11.7 Å². The Bertz CT molecular complexity index is 711.